The average Bonchev–Trinajstić information content (AvgIpc) is 2.84. The summed E-state index contributed by atoms with van der Waals surface area (Å²) in [7, 11) is 1.72. The van der Waals surface area contributed by atoms with Crippen LogP contribution in [0.3, 0.4) is 0 Å². The molecule has 3 aromatic rings. The van der Waals surface area contributed by atoms with Crippen molar-refractivity contribution in [3.8, 4) is 17.3 Å². The Bertz CT molecular complexity index is 1160. The SMILES string of the molecule is CNc1nc(-c2ccc(C#N)c(F)c2)cc(N2CCCC(NC(=O)c3ccccc3)C2)n1. The molecule has 1 aliphatic heterocycles. The second-order valence-corrected chi connectivity index (χ2v) is 7.62. The summed E-state index contributed by atoms with van der Waals surface area (Å²) in [6.07, 6.45) is 1.78. The highest BCUT2D eigenvalue weighted by Crippen LogP contribution is 2.27. The van der Waals surface area contributed by atoms with Gasteiger partial charge >= 0.3 is 0 Å². The van der Waals surface area contributed by atoms with Gasteiger partial charge in [0.15, 0.2) is 0 Å². The minimum absolute atomic E-state index is 0.00935. The van der Waals surface area contributed by atoms with E-state index in [4.69, 9.17) is 5.26 Å². The van der Waals surface area contributed by atoms with Crippen molar-refractivity contribution in [2.45, 2.75) is 18.9 Å². The fourth-order valence-corrected chi connectivity index (χ4v) is 3.78. The summed E-state index contributed by atoms with van der Waals surface area (Å²) in [5, 5.41) is 15.0. The van der Waals surface area contributed by atoms with Gasteiger partial charge in [-0.3, -0.25) is 4.79 Å². The van der Waals surface area contributed by atoms with Crippen molar-refractivity contribution in [3.05, 3.63) is 71.5 Å². The molecule has 7 nitrogen and oxygen atoms in total. The zero-order chi connectivity index (χ0) is 22.5. The Morgan fingerprint density at radius 3 is 2.72 bits per heavy atom. The van der Waals surface area contributed by atoms with Crippen molar-refractivity contribution in [2.75, 3.05) is 30.4 Å². The number of piperidine rings is 1. The van der Waals surface area contributed by atoms with Gasteiger partial charge in [0.05, 0.1) is 11.3 Å². The first-order valence-electron chi connectivity index (χ1n) is 10.4. The van der Waals surface area contributed by atoms with Gasteiger partial charge in [0, 0.05) is 43.4 Å². The smallest absolute Gasteiger partial charge is 0.251 e. The number of benzene rings is 2. The molecule has 2 N–H and O–H groups in total. The van der Waals surface area contributed by atoms with E-state index in [1.807, 2.05) is 30.3 Å². The highest BCUT2D eigenvalue weighted by atomic mass is 19.1. The minimum atomic E-state index is -0.585. The molecule has 2 heterocycles. The van der Waals surface area contributed by atoms with Crippen LogP contribution in [0.5, 0.6) is 0 Å². The van der Waals surface area contributed by atoms with E-state index in [9.17, 15) is 9.18 Å². The van der Waals surface area contributed by atoms with Gasteiger partial charge < -0.3 is 15.5 Å². The Morgan fingerprint density at radius 2 is 2.00 bits per heavy atom. The number of nitrogens with one attached hydrogen (secondary N) is 2. The van der Waals surface area contributed by atoms with Crippen molar-refractivity contribution in [1.82, 2.24) is 15.3 Å². The predicted octanol–water partition coefficient (Wildman–Crippen LogP) is 3.59. The molecule has 0 saturated carbocycles. The number of amides is 1. The predicted molar refractivity (Wildman–Crippen MR) is 121 cm³/mol. The summed E-state index contributed by atoms with van der Waals surface area (Å²) in [5.74, 6) is 0.433. The molecule has 4 rings (SSSR count). The maximum atomic E-state index is 14.2. The molecule has 1 amide bonds. The number of hydrogen-bond donors (Lipinski definition) is 2. The van der Waals surface area contributed by atoms with Crippen molar-refractivity contribution >= 4 is 17.7 Å². The lowest BCUT2D eigenvalue weighted by Gasteiger charge is -2.34. The molecule has 2 aromatic carbocycles. The number of hydrogen-bond acceptors (Lipinski definition) is 6. The lowest BCUT2D eigenvalue weighted by atomic mass is 10.0. The second kappa shape index (κ2) is 9.43. The van der Waals surface area contributed by atoms with E-state index in [0.29, 0.717) is 35.1 Å². The Kier molecular flexibility index (Phi) is 6.26. The Hall–Kier alpha value is -3.99. The lowest BCUT2D eigenvalue weighted by molar-refractivity contribution is 0.0933. The Labute approximate surface area is 185 Å². The van der Waals surface area contributed by atoms with E-state index in [-0.39, 0.29) is 17.5 Å². The van der Waals surface area contributed by atoms with Crippen LogP contribution < -0.4 is 15.5 Å². The van der Waals surface area contributed by atoms with Crippen LogP contribution in [0.2, 0.25) is 0 Å². The third-order valence-electron chi connectivity index (χ3n) is 5.44. The number of aromatic nitrogens is 2. The quantitative estimate of drug-likeness (QED) is 0.642. The molecular formula is C24H23FN6O. The van der Waals surface area contributed by atoms with E-state index < -0.39 is 5.82 Å². The number of anilines is 2. The topological polar surface area (TPSA) is 93.9 Å². The fourth-order valence-electron chi connectivity index (χ4n) is 3.78. The maximum absolute atomic E-state index is 14.2. The zero-order valence-electron chi connectivity index (χ0n) is 17.7. The summed E-state index contributed by atoms with van der Waals surface area (Å²) in [4.78, 5) is 23.7. The largest absolute Gasteiger partial charge is 0.357 e. The first-order chi connectivity index (χ1) is 15.6. The molecule has 162 valence electrons. The molecular weight excluding hydrogens is 407 g/mol. The van der Waals surface area contributed by atoms with Crippen molar-refractivity contribution < 1.29 is 9.18 Å². The van der Waals surface area contributed by atoms with Crippen LogP contribution in [0.4, 0.5) is 16.2 Å². The summed E-state index contributed by atoms with van der Waals surface area (Å²) in [6, 6.07) is 17.2. The van der Waals surface area contributed by atoms with Gasteiger partial charge in [0.25, 0.3) is 5.91 Å². The van der Waals surface area contributed by atoms with E-state index in [1.54, 1.807) is 25.2 Å². The summed E-state index contributed by atoms with van der Waals surface area (Å²) in [6.45, 7) is 1.40. The summed E-state index contributed by atoms with van der Waals surface area (Å²) >= 11 is 0. The number of nitriles is 1. The summed E-state index contributed by atoms with van der Waals surface area (Å²) in [5.41, 5.74) is 1.74. The maximum Gasteiger partial charge on any atom is 0.251 e. The molecule has 0 spiro atoms. The molecule has 8 heteroatoms. The Morgan fingerprint density at radius 1 is 1.19 bits per heavy atom. The van der Waals surface area contributed by atoms with Crippen molar-refractivity contribution in [3.63, 3.8) is 0 Å². The number of halogens is 1. The molecule has 1 aliphatic rings. The van der Waals surface area contributed by atoms with Crippen molar-refractivity contribution in [2.24, 2.45) is 0 Å². The standard InChI is InChI=1S/C24H23FN6O/c1-27-24-29-21(17-9-10-18(14-26)20(25)12-17)13-22(30-24)31-11-5-8-19(15-31)28-23(32)16-6-3-2-4-7-16/h2-4,6-7,9-10,12-13,19H,5,8,11,15H2,1H3,(H,28,32)(H,27,29,30). The van der Waals surface area contributed by atoms with E-state index in [1.165, 1.54) is 12.1 Å². The van der Waals surface area contributed by atoms with Crippen molar-refractivity contribution in [1.29, 1.82) is 5.26 Å². The van der Waals surface area contributed by atoms with Crippen LogP contribution >= 0.6 is 0 Å². The number of nitrogens with zero attached hydrogens (tertiary/aromatic N) is 4. The van der Waals surface area contributed by atoms with Gasteiger partial charge in [0.2, 0.25) is 5.95 Å². The number of carbonyl (C=O) groups is 1. The number of rotatable bonds is 5. The normalized spacial score (nSPS) is 15.7. The highest BCUT2D eigenvalue weighted by Gasteiger charge is 2.24. The zero-order valence-corrected chi connectivity index (χ0v) is 17.7. The third-order valence-corrected chi connectivity index (χ3v) is 5.44. The molecule has 32 heavy (non-hydrogen) atoms. The molecule has 1 saturated heterocycles. The van der Waals surface area contributed by atoms with Gasteiger partial charge in [-0.1, -0.05) is 24.3 Å². The van der Waals surface area contributed by atoms with E-state index in [2.05, 4.69) is 25.5 Å². The van der Waals surface area contributed by atoms with Crippen LogP contribution in [0.1, 0.15) is 28.8 Å². The first-order valence-corrected chi connectivity index (χ1v) is 10.4. The average molecular weight is 430 g/mol. The monoisotopic (exact) mass is 430 g/mol. The molecule has 1 atom stereocenters. The summed E-state index contributed by atoms with van der Waals surface area (Å²) < 4.78 is 14.2. The Balaban J connectivity index is 1.56. The van der Waals surface area contributed by atoms with Gasteiger partial charge in [-0.15, -0.1) is 0 Å². The molecule has 1 unspecified atom stereocenters. The third kappa shape index (κ3) is 4.67. The van der Waals surface area contributed by atoms with Gasteiger partial charge in [0.1, 0.15) is 17.7 Å². The van der Waals surface area contributed by atoms with E-state index in [0.717, 1.165) is 19.4 Å². The van der Waals surface area contributed by atoms with Crippen LogP contribution in [0.15, 0.2) is 54.6 Å². The van der Waals surface area contributed by atoms with Crippen LogP contribution in [-0.4, -0.2) is 42.1 Å². The number of carbonyl (C=O) groups excluding carboxylic acids is 1. The van der Waals surface area contributed by atoms with Gasteiger partial charge in [-0.25, -0.2) is 9.37 Å². The first kappa shape index (κ1) is 21.2. The fraction of sp³-hybridized carbons (Fsp3) is 0.250. The van der Waals surface area contributed by atoms with Crippen LogP contribution in [0.25, 0.3) is 11.3 Å². The molecule has 0 aliphatic carbocycles. The molecule has 0 bridgehead atoms. The van der Waals surface area contributed by atoms with Crippen LogP contribution in [0, 0.1) is 17.1 Å². The van der Waals surface area contributed by atoms with Crippen LogP contribution in [-0.2, 0) is 0 Å². The molecule has 1 fully saturated rings. The molecule has 1 aromatic heterocycles. The van der Waals surface area contributed by atoms with Gasteiger partial charge in [-0.05, 0) is 37.1 Å². The molecule has 0 radical (unpaired) electrons. The lowest BCUT2D eigenvalue weighted by Crippen LogP contribution is -2.48. The second-order valence-electron chi connectivity index (χ2n) is 7.62. The van der Waals surface area contributed by atoms with E-state index >= 15 is 0 Å². The van der Waals surface area contributed by atoms with Gasteiger partial charge in [-0.2, -0.15) is 10.2 Å². The highest BCUT2D eigenvalue weighted by molar-refractivity contribution is 5.94. The minimum Gasteiger partial charge on any atom is -0.357 e.